The van der Waals surface area contributed by atoms with Gasteiger partial charge in [-0.15, -0.1) is 0 Å². The van der Waals surface area contributed by atoms with Crippen LogP contribution >= 0.6 is 0 Å². The minimum atomic E-state index is -0.962. The Morgan fingerprint density at radius 3 is 2.70 bits per heavy atom. The third-order valence-corrected chi connectivity index (χ3v) is 1.49. The first-order chi connectivity index (χ1) is 4.63. The van der Waals surface area contributed by atoms with E-state index in [1.54, 1.807) is 18.9 Å². The van der Waals surface area contributed by atoms with E-state index in [2.05, 4.69) is 0 Å². The molecule has 0 saturated carbocycles. The molecule has 0 aromatic heterocycles. The summed E-state index contributed by atoms with van der Waals surface area (Å²) in [6, 6.07) is 0. The molecule has 1 heterocycles. The molecule has 0 spiro atoms. The van der Waals surface area contributed by atoms with Crippen molar-refractivity contribution < 1.29 is 14.6 Å². The summed E-state index contributed by atoms with van der Waals surface area (Å²) in [6.07, 6.45) is 0.610. The molecule has 10 heavy (non-hydrogen) atoms. The van der Waals surface area contributed by atoms with Crippen LogP contribution in [0.25, 0.3) is 0 Å². The highest BCUT2D eigenvalue weighted by Gasteiger charge is 2.28. The molecule has 0 aromatic rings. The van der Waals surface area contributed by atoms with E-state index in [0.29, 0.717) is 0 Å². The van der Waals surface area contributed by atoms with Crippen LogP contribution in [-0.4, -0.2) is 29.3 Å². The van der Waals surface area contributed by atoms with Crippen molar-refractivity contribution in [1.29, 1.82) is 0 Å². The zero-order valence-corrected chi connectivity index (χ0v) is 5.87. The molecule has 1 unspecified atom stereocenters. The van der Waals surface area contributed by atoms with Gasteiger partial charge >= 0.3 is 5.97 Å². The maximum absolute atomic E-state index is 10.4. The molecule has 1 rings (SSSR count). The van der Waals surface area contributed by atoms with Crippen molar-refractivity contribution in [2.45, 2.75) is 13.2 Å². The summed E-state index contributed by atoms with van der Waals surface area (Å²) >= 11 is 0. The summed E-state index contributed by atoms with van der Waals surface area (Å²) in [5.41, 5.74) is 0.826. The van der Waals surface area contributed by atoms with Crippen LogP contribution in [0.2, 0.25) is 0 Å². The third-order valence-electron chi connectivity index (χ3n) is 1.49. The van der Waals surface area contributed by atoms with E-state index in [1.807, 2.05) is 0 Å². The van der Waals surface area contributed by atoms with Crippen molar-refractivity contribution in [3.05, 3.63) is 12.0 Å². The number of aliphatic carboxylic acids is 1. The van der Waals surface area contributed by atoms with Crippen molar-refractivity contribution >= 4 is 5.97 Å². The van der Waals surface area contributed by atoms with Gasteiger partial charge in [0, 0.05) is 12.7 Å². The predicted octanol–water partition coefficient (Wildman–Crippen LogP) is 0.220. The summed E-state index contributed by atoms with van der Waals surface area (Å²) < 4.78 is 4.80. The SMILES string of the molecule is CC1=COC(C(=O)O)N1C. The van der Waals surface area contributed by atoms with Gasteiger partial charge in [0.25, 0.3) is 6.23 Å². The van der Waals surface area contributed by atoms with Gasteiger partial charge in [-0.05, 0) is 6.92 Å². The van der Waals surface area contributed by atoms with Gasteiger partial charge in [0.15, 0.2) is 0 Å². The lowest BCUT2D eigenvalue weighted by Crippen LogP contribution is -2.33. The molecular weight excluding hydrogens is 134 g/mol. The number of hydrogen-bond acceptors (Lipinski definition) is 3. The minimum Gasteiger partial charge on any atom is -0.477 e. The molecular formula is C6H9NO3. The second kappa shape index (κ2) is 2.21. The molecule has 0 fully saturated rings. The lowest BCUT2D eigenvalue weighted by Gasteiger charge is -2.16. The number of carbonyl (C=O) groups is 1. The molecule has 0 aliphatic carbocycles. The molecule has 4 nitrogen and oxygen atoms in total. The normalized spacial score (nSPS) is 24.0. The van der Waals surface area contributed by atoms with Crippen molar-refractivity contribution in [2.75, 3.05) is 7.05 Å². The minimum absolute atomic E-state index is 0.826. The van der Waals surface area contributed by atoms with Crippen LogP contribution in [0.3, 0.4) is 0 Å². The number of nitrogens with zero attached hydrogens (tertiary/aromatic N) is 1. The van der Waals surface area contributed by atoms with E-state index in [4.69, 9.17) is 9.84 Å². The molecule has 1 aliphatic heterocycles. The number of allylic oxidation sites excluding steroid dienone is 1. The number of carboxylic acids is 1. The number of carboxylic acid groups (broad SMARTS) is 1. The Morgan fingerprint density at radius 2 is 2.50 bits per heavy atom. The first-order valence-electron chi connectivity index (χ1n) is 2.91. The molecule has 0 bridgehead atoms. The molecule has 0 aromatic carbocycles. The highest BCUT2D eigenvalue weighted by molar-refractivity contribution is 5.72. The van der Waals surface area contributed by atoms with Gasteiger partial charge in [0.1, 0.15) is 6.26 Å². The quantitative estimate of drug-likeness (QED) is 0.570. The van der Waals surface area contributed by atoms with Crippen molar-refractivity contribution in [3.63, 3.8) is 0 Å². The molecule has 1 aliphatic rings. The van der Waals surface area contributed by atoms with Gasteiger partial charge in [-0.25, -0.2) is 4.79 Å². The second-order valence-corrected chi connectivity index (χ2v) is 2.20. The Morgan fingerprint density at radius 1 is 1.90 bits per heavy atom. The highest BCUT2D eigenvalue weighted by atomic mass is 16.5. The zero-order chi connectivity index (χ0) is 7.72. The van der Waals surface area contributed by atoms with Gasteiger partial charge < -0.3 is 14.7 Å². The standard InChI is InChI=1S/C6H9NO3/c1-4-3-10-5(6(8)9)7(4)2/h3,5H,1-2H3,(H,8,9). The molecule has 0 amide bonds. The number of likely N-dealkylation sites (N-methyl/N-ethyl adjacent to an activating group) is 1. The molecule has 0 saturated heterocycles. The summed E-state index contributed by atoms with van der Waals surface area (Å²) in [6.45, 7) is 1.79. The maximum atomic E-state index is 10.4. The van der Waals surface area contributed by atoms with E-state index in [1.165, 1.54) is 6.26 Å². The van der Waals surface area contributed by atoms with Crippen LogP contribution in [0.15, 0.2) is 12.0 Å². The first-order valence-corrected chi connectivity index (χ1v) is 2.91. The lowest BCUT2D eigenvalue weighted by molar-refractivity contribution is -0.152. The van der Waals surface area contributed by atoms with Crippen LogP contribution in [0.5, 0.6) is 0 Å². The van der Waals surface area contributed by atoms with Gasteiger partial charge in [0.05, 0.1) is 0 Å². The average molecular weight is 143 g/mol. The fourth-order valence-electron chi connectivity index (χ4n) is 0.746. The molecule has 1 N–H and O–H groups in total. The highest BCUT2D eigenvalue weighted by Crippen LogP contribution is 2.15. The summed E-state index contributed by atoms with van der Waals surface area (Å²) in [5.74, 6) is -0.962. The van der Waals surface area contributed by atoms with Crippen LogP contribution in [0.1, 0.15) is 6.92 Å². The second-order valence-electron chi connectivity index (χ2n) is 2.20. The van der Waals surface area contributed by atoms with E-state index in [0.717, 1.165) is 5.70 Å². The maximum Gasteiger partial charge on any atom is 0.366 e. The molecule has 4 heteroatoms. The molecule has 1 atom stereocenters. The van der Waals surface area contributed by atoms with Gasteiger partial charge in [-0.1, -0.05) is 0 Å². The Hall–Kier alpha value is -1.19. The number of rotatable bonds is 1. The predicted molar refractivity (Wildman–Crippen MR) is 34.0 cm³/mol. The monoisotopic (exact) mass is 143 g/mol. The Bertz CT molecular complexity index is 187. The fraction of sp³-hybridized carbons (Fsp3) is 0.500. The number of hydrogen-bond donors (Lipinski definition) is 1. The average Bonchev–Trinajstić information content (AvgIpc) is 2.14. The van der Waals surface area contributed by atoms with Crippen molar-refractivity contribution in [1.82, 2.24) is 4.90 Å². The Labute approximate surface area is 58.7 Å². The largest absolute Gasteiger partial charge is 0.477 e. The van der Waals surface area contributed by atoms with Gasteiger partial charge in [-0.3, -0.25) is 0 Å². The van der Waals surface area contributed by atoms with E-state index >= 15 is 0 Å². The fourth-order valence-corrected chi connectivity index (χ4v) is 0.746. The summed E-state index contributed by atoms with van der Waals surface area (Å²) in [5, 5.41) is 8.50. The van der Waals surface area contributed by atoms with Crippen LogP contribution in [0.4, 0.5) is 0 Å². The summed E-state index contributed by atoms with van der Waals surface area (Å²) in [7, 11) is 1.68. The third kappa shape index (κ3) is 0.920. The summed E-state index contributed by atoms with van der Waals surface area (Å²) in [4.78, 5) is 11.9. The van der Waals surface area contributed by atoms with E-state index in [9.17, 15) is 4.79 Å². The van der Waals surface area contributed by atoms with Crippen LogP contribution in [0, 0.1) is 0 Å². The Balaban J connectivity index is 2.65. The van der Waals surface area contributed by atoms with Crippen molar-refractivity contribution in [3.8, 4) is 0 Å². The topological polar surface area (TPSA) is 49.8 Å². The molecule has 0 radical (unpaired) electrons. The van der Waals surface area contributed by atoms with Crippen LogP contribution < -0.4 is 0 Å². The smallest absolute Gasteiger partial charge is 0.366 e. The molecule has 56 valence electrons. The van der Waals surface area contributed by atoms with Gasteiger partial charge in [0.2, 0.25) is 0 Å². The van der Waals surface area contributed by atoms with Crippen molar-refractivity contribution in [2.24, 2.45) is 0 Å². The van der Waals surface area contributed by atoms with Crippen LogP contribution in [-0.2, 0) is 9.53 Å². The Kier molecular flexibility index (Phi) is 1.53. The lowest BCUT2D eigenvalue weighted by atomic mass is 10.4. The van der Waals surface area contributed by atoms with E-state index < -0.39 is 12.2 Å². The van der Waals surface area contributed by atoms with Gasteiger partial charge in [-0.2, -0.15) is 0 Å². The first kappa shape index (κ1) is 6.92. The zero-order valence-electron chi connectivity index (χ0n) is 5.87. The van der Waals surface area contributed by atoms with E-state index in [-0.39, 0.29) is 0 Å². The number of ether oxygens (including phenoxy) is 1.